The monoisotopic (exact) mass is 303 g/mol. The summed E-state index contributed by atoms with van der Waals surface area (Å²) in [6.45, 7) is 6.76. The van der Waals surface area contributed by atoms with Crippen molar-refractivity contribution in [2.45, 2.75) is 38.9 Å². The summed E-state index contributed by atoms with van der Waals surface area (Å²) in [5.74, 6) is 0. The van der Waals surface area contributed by atoms with Crippen molar-refractivity contribution in [2.75, 3.05) is 11.5 Å². The smallest absolute Gasteiger partial charge is 0.103 e. The molecule has 0 spiro atoms. The van der Waals surface area contributed by atoms with Crippen LogP contribution >= 0.6 is 0 Å². The molecule has 22 heavy (non-hydrogen) atoms. The summed E-state index contributed by atoms with van der Waals surface area (Å²) in [5, 5.41) is 19.1. The van der Waals surface area contributed by atoms with Crippen LogP contribution in [0.25, 0.3) is 0 Å². The number of nitrogens with two attached hydrogens (primary N) is 2. The van der Waals surface area contributed by atoms with Gasteiger partial charge in [0.2, 0.25) is 0 Å². The lowest BCUT2D eigenvalue weighted by molar-refractivity contribution is 0.0747. The molecule has 5 heteroatoms. The molecule has 2 aromatic rings. The highest BCUT2D eigenvalue weighted by atomic mass is 16.3. The summed E-state index contributed by atoms with van der Waals surface area (Å²) in [7, 11) is 0. The van der Waals surface area contributed by atoms with E-state index in [-0.39, 0.29) is 0 Å². The first kappa shape index (κ1) is 17.9. The second-order valence-corrected chi connectivity index (χ2v) is 6.15. The predicted molar refractivity (Wildman–Crippen MR) is 90.0 cm³/mol. The van der Waals surface area contributed by atoms with Gasteiger partial charge >= 0.3 is 0 Å². The highest BCUT2D eigenvalue weighted by Crippen LogP contribution is 2.24. The Bertz CT molecular complexity index is 558. The fraction of sp³-hybridized carbons (Fsp3) is 0.353. The summed E-state index contributed by atoms with van der Waals surface area (Å²) in [4.78, 5) is 3.97. The third kappa shape index (κ3) is 5.02. The van der Waals surface area contributed by atoms with Gasteiger partial charge in [0.15, 0.2) is 0 Å². The quantitative estimate of drug-likeness (QED) is 0.637. The van der Waals surface area contributed by atoms with Crippen molar-refractivity contribution in [3.05, 3.63) is 53.9 Å². The Labute approximate surface area is 131 Å². The molecule has 0 atom stereocenters. The van der Waals surface area contributed by atoms with E-state index in [1.54, 1.807) is 52.1 Å². The van der Waals surface area contributed by atoms with Crippen LogP contribution in [0, 0.1) is 0 Å². The van der Waals surface area contributed by atoms with E-state index in [0.717, 1.165) is 5.56 Å². The van der Waals surface area contributed by atoms with E-state index in [2.05, 4.69) is 4.98 Å². The van der Waals surface area contributed by atoms with Crippen LogP contribution in [0.1, 0.15) is 39.0 Å². The molecule has 6 N–H and O–H groups in total. The van der Waals surface area contributed by atoms with Crippen LogP contribution in [-0.4, -0.2) is 15.2 Å². The zero-order valence-electron chi connectivity index (χ0n) is 13.5. The average molecular weight is 303 g/mol. The molecule has 1 aromatic heterocycles. The van der Waals surface area contributed by atoms with E-state index in [1.807, 2.05) is 18.2 Å². The average Bonchev–Trinajstić information content (AvgIpc) is 2.37. The van der Waals surface area contributed by atoms with Gasteiger partial charge in [-0.05, 0) is 45.9 Å². The molecule has 0 saturated carbocycles. The molecule has 0 radical (unpaired) electrons. The lowest BCUT2D eigenvalue weighted by atomic mass is 9.97. The van der Waals surface area contributed by atoms with Gasteiger partial charge in [-0.25, -0.2) is 0 Å². The van der Waals surface area contributed by atoms with Crippen LogP contribution in [0.15, 0.2) is 42.6 Å². The third-order valence-corrected chi connectivity index (χ3v) is 3.04. The van der Waals surface area contributed by atoms with Crippen molar-refractivity contribution in [2.24, 2.45) is 0 Å². The van der Waals surface area contributed by atoms with Gasteiger partial charge in [-0.3, -0.25) is 4.98 Å². The molecule has 0 unspecified atom stereocenters. The molecule has 0 aliphatic heterocycles. The second-order valence-electron chi connectivity index (χ2n) is 6.15. The van der Waals surface area contributed by atoms with Crippen molar-refractivity contribution in [1.82, 2.24) is 4.98 Å². The number of para-hydroxylation sites is 1. The number of rotatable bonds is 2. The minimum atomic E-state index is -0.953. The summed E-state index contributed by atoms with van der Waals surface area (Å²) in [6, 6.07) is 10.8. The van der Waals surface area contributed by atoms with Crippen molar-refractivity contribution in [3.8, 4) is 0 Å². The number of aliphatic hydroxyl groups is 2. The lowest BCUT2D eigenvalue weighted by Crippen LogP contribution is -2.19. The first-order valence-corrected chi connectivity index (χ1v) is 7.04. The van der Waals surface area contributed by atoms with E-state index in [4.69, 9.17) is 11.5 Å². The highest BCUT2D eigenvalue weighted by Gasteiger charge is 2.19. The number of aromatic nitrogens is 1. The molecule has 0 aliphatic carbocycles. The van der Waals surface area contributed by atoms with Crippen LogP contribution in [-0.2, 0) is 11.2 Å². The first-order valence-electron chi connectivity index (χ1n) is 7.04. The van der Waals surface area contributed by atoms with Gasteiger partial charge in [0.1, 0.15) is 5.60 Å². The van der Waals surface area contributed by atoms with Crippen LogP contribution in [0.5, 0.6) is 0 Å². The Kier molecular flexibility index (Phi) is 5.52. The highest BCUT2D eigenvalue weighted by molar-refractivity contribution is 5.49. The molecular formula is C17H25N3O2. The van der Waals surface area contributed by atoms with Gasteiger partial charge in [-0.1, -0.05) is 18.2 Å². The molecule has 0 bridgehead atoms. The summed E-state index contributed by atoms with van der Waals surface area (Å²) >= 11 is 0. The van der Waals surface area contributed by atoms with Crippen LogP contribution in [0.3, 0.4) is 0 Å². The molecule has 0 saturated heterocycles. The van der Waals surface area contributed by atoms with Gasteiger partial charge in [0.05, 0.1) is 17.0 Å². The van der Waals surface area contributed by atoms with Crippen molar-refractivity contribution >= 4 is 11.4 Å². The minimum Gasteiger partial charge on any atom is -0.398 e. The topological polar surface area (TPSA) is 105 Å². The zero-order valence-corrected chi connectivity index (χ0v) is 13.5. The summed E-state index contributed by atoms with van der Waals surface area (Å²) in [5.41, 5.74) is 11.9. The molecule has 2 rings (SSSR count). The van der Waals surface area contributed by atoms with Crippen LogP contribution < -0.4 is 11.5 Å². The zero-order chi connectivity index (χ0) is 17.0. The molecular weight excluding hydrogens is 278 g/mol. The van der Waals surface area contributed by atoms with Crippen LogP contribution in [0.2, 0.25) is 0 Å². The first-order chi connectivity index (χ1) is 10.0. The summed E-state index contributed by atoms with van der Waals surface area (Å²) < 4.78 is 0. The lowest BCUT2D eigenvalue weighted by Gasteiger charge is -2.19. The van der Waals surface area contributed by atoms with Crippen molar-refractivity contribution in [3.63, 3.8) is 0 Å². The Morgan fingerprint density at radius 2 is 1.36 bits per heavy atom. The SMILES string of the molecule is CC(C)(O)c1ccccc1N.CC(C)(O)c1ncccc1N. The molecule has 0 amide bonds. The Balaban J connectivity index is 0.000000220. The molecule has 0 aliphatic rings. The second kappa shape index (κ2) is 6.77. The number of nitrogens with zero attached hydrogens (tertiary/aromatic N) is 1. The van der Waals surface area contributed by atoms with E-state index in [0.29, 0.717) is 17.1 Å². The summed E-state index contributed by atoms with van der Waals surface area (Å²) in [6.07, 6.45) is 1.61. The molecule has 0 fully saturated rings. The maximum atomic E-state index is 9.59. The maximum absolute atomic E-state index is 9.59. The van der Waals surface area contributed by atoms with Gasteiger partial charge < -0.3 is 21.7 Å². The Morgan fingerprint density at radius 3 is 1.73 bits per heavy atom. The number of anilines is 2. The fourth-order valence-electron chi connectivity index (χ4n) is 1.98. The van der Waals surface area contributed by atoms with Gasteiger partial charge in [-0.2, -0.15) is 0 Å². The molecule has 1 heterocycles. The maximum Gasteiger partial charge on any atom is 0.103 e. The molecule has 120 valence electrons. The van der Waals surface area contributed by atoms with E-state index in [9.17, 15) is 10.2 Å². The van der Waals surface area contributed by atoms with E-state index < -0.39 is 11.2 Å². The predicted octanol–water partition coefficient (Wildman–Crippen LogP) is 2.39. The van der Waals surface area contributed by atoms with Crippen LogP contribution in [0.4, 0.5) is 11.4 Å². The van der Waals surface area contributed by atoms with Gasteiger partial charge in [0, 0.05) is 17.4 Å². The van der Waals surface area contributed by atoms with E-state index in [1.165, 1.54) is 0 Å². The number of hydrogen-bond acceptors (Lipinski definition) is 5. The number of pyridine rings is 1. The van der Waals surface area contributed by atoms with Gasteiger partial charge in [-0.15, -0.1) is 0 Å². The number of benzene rings is 1. The largest absolute Gasteiger partial charge is 0.398 e. The normalized spacial score (nSPS) is 11.5. The van der Waals surface area contributed by atoms with E-state index >= 15 is 0 Å². The Morgan fingerprint density at radius 1 is 0.818 bits per heavy atom. The Hall–Kier alpha value is -2.11. The third-order valence-electron chi connectivity index (χ3n) is 3.04. The fourth-order valence-corrected chi connectivity index (χ4v) is 1.98. The molecule has 5 nitrogen and oxygen atoms in total. The van der Waals surface area contributed by atoms with Crippen molar-refractivity contribution in [1.29, 1.82) is 0 Å². The number of nitrogen functional groups attached to an aromatic ring is 2. The standard InChI is InChI=1S/C9H13NO.C8H12N2O/c1-9(2,11)7-5-3-4-6-8(7)10;1-8(2,11)7-6(9)4-3-5-10-7/h3-6,11H,10H2,1-2H3;3-5,11H,9H2,1-2H3. The minimum absolute atomic E-state index is 0.528. The van der Waals surface area contributed by atoms with Gasteiger partial charge in [0.25, 0.3) is 0 Å². The molecule has 1 aromatic carbocycles. The van der Waals surface area contributed by atoms with Crippen molar-refractivity contribution < 1.29 is 10.2 Å². The number of hydrogen-bond donors (Lipinski definition) is 4.